The average molecular weight is 491 g/mol. The summed E-state index contributed by atoms with van der Waals surface area (Å²) in [4.78, 5) is 53.4. The molecule has 184 valence electrons. The average Bonchev–Trinajstić information content (AvgIpc) is 2.83. The van der Waals surface area contributed by atoms with E-state index in [0.29, 0.717) is 31.5 Å². The van der Waals surface area contributed by atoms with Crippen molar-refractivity contribution >= 4 is 35.5 Å². The van der Waals surface area contributed by atoms with Gasteiger partial charge in [-0.25, -0.2) is 9.80 Å². The zero-order valence-corrected chi connectivity index (χ0v) is 19.8. The Bertz CT molecular complexity index is 971. The third-order valence-corrected chi connectivity index (χ3v) is 7.77. The number of nitrogens with two attached hydrogens (primary N) is 1. The second kappa shape index (κ2) is 10.3. The molecule has 12 heteroatoms. The summed E-state index contributed by atoms with van der Waals surface area (Å²) in [6.07, 6.45) is 7.02. The molecule has 0 saturated carbocycles. The van der Waals surface area contributed by atoms with E-state index in [1.165, 1.54) is 16.7 Å². The smallest absolute Gasteiger partial charge is 0.352 e. The van der Waals surface area contributed by atoms with E-state index in [4.69, 9.17) is 5.73 Å². The van der Waals surface area contributed by atoms with Gasteiger partial charge in [0.2, 0.25) is 11.8 Å². The topological polar surface area (TPSA) is 148 Å². The van der Waals surface area contributed by atoms with Gasteiger partial charge >= 0.3 is 5.97 Å². The van der Waals surface area contributed by atoms with Gasteiger partial charge in [0.25, 0.3) is 5.91 Å². The number of thioether (sulfide) groups is 1. The van der Waals surface area contributed by atoms with Crippen LogP contribution in [-0.2, 0) is 19.2 Å². The summed E-state index contributed by atoms with van der Waals surface area (Å²) in [6.45, 7) is 3.03. The fraction of sp³-hybridized carbons (Fsp3) is 0.545. The number of carbonyl (C=O) groups is 4. The molecule has 0 aromatic heterocycles. The summed E-state index contributed by atoms with van der Waals surface area (Å²) in [6, 6.07) is -1.71. The van der Waals surface area contributed by atoms with Crippen molar-refractivity contribution in [3.8, 4) is 0 Å². The standard InChI is InChI=1S/C22H30N6O5S/c1-26-7-9-27(10-8-26)25-15(29)11-14-12-34-21-17(20(31)28(21)18(14)22(32)33)24-19(30)16(23)13-5-3-2-4-6-13/h2-3,6,16-17,21H,4-5,7-12,23H2,1H3,(H,24,30)(H,25,29)(H,32,33)/t16?,17-,21+/m1/s1. The quantitative estimate of drug-likeness (QED) is 0.260. The summed E-state index contributed by atoms with van der Waals surface area (Å²) < 4.78 is 0. The summed E-state index contributed by atoms with van der Waals surface area (Å²) in [5.41, 5.74) is 9.90. The second-order valence-electron chi connectivity index (χ2n) is 8.82. The van der Waals surface area contributed by atoms with Gasteiger partial charge in [-0.2, -0.15) is 0 Å². The van der Waals surface area contributed by atoms with Gasteiger partial charge in [0.1, 0.15) is 23.2 Å². The zero-order valence-electron chi connectivity index (χ0n) is 19.0. The number of β-lactam (4-membered cyclic amide) rings is 1. The van der Waals surface area contributed by atoms with Crippen molar-refractivity contribution < 1.29 is 24.3 Å². The lowest BCUT2D eigenvalue weighted by Crippen LogP contribution is -2.71. The number of carboxylic acid groups (broad SMARTS) is 1. The third kappa shape index (κ3) is 5.04. The number of piperazine rings is 1. The van der Waals surface area contributed by atoms with Crippen LogP contribution in [0.1, 0.15) is 19.3 Å². The molecular formula is C22H30N6O5S. The van der Waals surface area contributed by atoms with E-state index in [1.807, 2.05) is 30.3 Å². The fourth-order valence-corrected chi connectivity index (χ4v) is 5.78. The van der Waals surface area contributed by atoms with E-state index >= 15 is 0 Å². The lowest BCUT2D eigenvalue weighted by molar-refractivity contribution is -0.150. The molecule has 4 aliphatic rings. The van der Waals surface area contributed by atoms with Crippen LogP contribution in [0.25, 0.3) is 0 Å². The maximum atomic E-state index is 12.8. The molecule has 1 unspecified atom stereocenters. The number of hydrogen-bond donors (Lipinski definition) is 4. The number of carbonyl (C=O) groups excluding carboxylic acids is 3. The molecule has 2 saturated heterocycles. The molecule has 3 aliphatic heterocycles. The van der Waals surface area contributed by atoms with Gasteiger partial charge in [0.15, 0.2) is 0 Å². The molecular weight excluding hydrogens is 460 g/mol. The molecule has 2 fully saturated rings. The third-order valence-electron chi connectivity index (χ3n) is 6.43. The van der Waals surface area contributed by atoms with Gasteiger partial charge in [0.05, 0.1) is 6.42 Å². The van der Waals surface area contributed by atoms with E-state index in [0.717, 1.165) is 18.7 Å². The predicted molar refractivity (Wildman–Crippen MR) is 126 cm³/mol. The maximum absolute atomic E-state index is 12.8. The van der Waals surface area contributed by atoms with Crippen molar-refractivity contribution in [1.29, 1.82) is 0 Å². The first-order valence-electron chi connectivity index (χ1n) is 11.3. The highest BCUT2D eigenvalue weighted by atomic mass is 32.2. The van der Waals surface area contributed by atoms with Crippen LogP contribution in [0, 0.1) is 0 Å². The molecule has 34 heavy (non-hydrogen) atoms. The number of hydrazine groups is 1. The minimum Gasteiger partial charge on any atom is -0.477 e. The number of rotatable bonds is 7. The Morgan fingerprint density at radius 2 is 1.97 bits per heavy atom. The number of nitrogens with one attached hydrogen (secondary N) is 2. The Morgan fingerprint density at radius 1 is 1.24 bits per heavy atom. The highest BCUT2D eigenvalue weighted by molar-refractivity contribution is 8.00. The lowest BCUT2D eigenvalue weighted by atomic mass is 9.97. The van der Waals surface area contributed by atoms with Gasteiger partial charge < -0.3 is 21.1 Å². The van der Waals surface area contributed by atoms with Crippen LogP contribution in [0.2, 0.25) is 0 Å². The van der Waals surface area contributed by atoms with Crippen LogP contribution in [0.3, 0.4) is 0 Å². The number of hydrogen-bond acceptors (Lipinski definition) is 8. The summed E-state index contributed by atoms with van der Waals surface area (Å²) >= 11 is 1.33. The maximum Gasteiger partial charge on any atom is 0.352 e. The number of fused-ring (bicyclic) bond motifs is 1. The lowest BCUT2D eigenvalue weighted by Gasteiger charge is -2.49. The molecule has 3 heterocycles. The number of carboxylic acids is 1. The van der Waals surface area contributed by atoms with Crippen molar-refractivity contribution in [1.82, 2.24) is 25.6 Å². The molecule has 5 N–H and O–H groups in total. The Morgan fingerprint density at radius 3 is 2.62 bits per heavy atom. The highest BCUT2D eigenvalue weighted by Crippen LogP contribution is 2.41. The summed E-state index contributed by atoms with van der Waals surface area (Å²) in [7, 11) is 2.01. The molecule has 0 spiro atoms. The van der Waals surface area contributed by atoms with Gasteiger partial charge in [0, 0.05) is 31.9 Å². The van der Waals surface area contributed by atoms with Crippen molar-refractivity contribution in [3.63, 3.8) is 0 Å². The Hall–Kier alpha value is -2.67. The van der Waals surface area contributed by atoms with Crippen LogP contribution >= 0.6 is 11.8 Å². The molecule has 4 rings (SSSR count). The summed E-state index contributed by atoms with van der Waals surface area (Å²) in [5.74, 6) is -2.26. The predicted octanol–water partition coefficient (Wildman–Crippen LogP) is -1.00. The molecule has 3 atom stereocenters. The monoisotopic (exact) mass is 490 g/mol. The van der Waals surface area contributed by atoms with Crippen LogP contribution < -0.4 is 16.5 Å². The van der Waals surface area contributed by atoms with Gasteiger partial charge in [-0.15, -0.1) is 11.8 Å². The first-order valence-corrected chi connectivity index (χ1v) is 12.3. The number of likely N-dealkylation sites (N-methyl/N-ethyl adjacent to an activating group) is 1. The first-order chi connectivity index (χ1) is 16.3. The van der Waals surface area contributed by atoms with E-state index in [2.05, 4.69) is 15.6 Å². The molecule has 0 radical (unpaired) electrons. The van der Waals surface area contributed by atoms with Crippen molar-refractivity contribution in [2.24, 2.45) is 5.73 Å². The van der Waals surface area contributed by atoms with E-state index in [9.17, 15) is 24.3 Å². The van der Waals surface area contributed by atoms with Crippen LogP contribution in [0.4, 0.5) is 0 Å². The molecule has 11 nitrogen and oxygen atoms in total. The number of nitrogens with zero attached hydrogens (tertiary/aromatic N) is 3. The van der Waals surface area contributed by atoms with Gasteiger partial charge in [-0.1, -0.05) is 18.2 Å². The number of allylic oxidation sites excluding steroid dienone is 3. The summed E-state index contributed by atoms with van der Waals surface area (Å²) in [5, 5.41) is 13.8. The normalized spacial score (nSPS) is 26.4. The van der Waals surface area contributed by atoms with Crippen LogP contribution in [0.5, 0.6) is 0 Å². The molecule has 1 aliphatic carbocycles. The largest absolute Gasteiger partial charge is 0.477 e. The van der Waals surface area contributed by atoms with Crippen molar-refractivity contribution in [2.75, 3.05) is 39.0 Å². The van der Waals surface area contributed by atoms with E-state index < -0.39 is 35.2 Å². The fourth-order valence-electron chi connectivity index (χ4n) is 4.43. The Kier molecular flexibility index (Phi) is 7.41. The second-order valence-corrected chi connectivity index (χ2v) is 9.93. The van der Waals surface area contributed by atoms with Crippen molar-refractivity contribution in [2.45, 2.75) is 36.7 Å². The highest BCUT2D eigenvalue weighted by Gasteiger charge is 2.54. The van der Waals surface area contributed by atoms with Gasteiger partial charge in [-0.3, -0.25) is 24.7 Å². The molecule has 0 aromatic carbocycles. The minimum absolute atomic E-state index is 0.110. The molecule has 0 bridgehead atoms. The number of amides is 3. The van der Waals surface area contributed by atoms with Gasteiger partial charge in [-0.05, 0) is 31.0 Å². The Balaban J connectivity index is 1.39. The van der Waals surface area contributed by atoms with Crippen LogP contribution in [-0.4, -0.2) is 100 Å². The van der Waals surface area contributed by atoms with E-state index in [-0.39, 0.29) is 23.8 Å². The zero-order chi connectivity index (χ0) is 24.4. The van der Waals surface area contributed by atoms with E-state index in [1.54, 1.807) is 0 Å². The van der Waals surface area contributed by atoms with Crippen LogP contribution in [0.15, 0.2) is 35.1 Å². The Labute approximate surface area is 202 Å². The molecule has 0 aromatic rings. The minimum atomic E-state index is -1.26. The molecule has 3 amide bonds. The van der Waals surface area contributed by atoms with Crippen molar-refractivity contribution in [3.05, 3.63) is 35.1 Å². The SMILES string of the molecule is CN1CCN(NC(=O)CC2=C(C(=O)O)N3C(=O)[C@@H](NC(=O)C(N)C4=CCC=CC4)[C@@H]3SC2)CC1. The number of aliphatic carboxylic acids is 1. The first kappa shape index (κ1) is 24.5.